The van der Waals surface area contributed by atoms with Gasteiger partial charge < -0.3 is 14.2 Å². The summed E-state index contributed by atoms with van der Waals surface area (Å²) < 4.78 is 46.9. The van der Waals surface area contributed by atoms with E-state index in [-0.39, 0.29) is 18.9 Å². The van der Waals surface area contributed by atoms with Gasteiger partial charge in [-0.2, -0.15) is 0 Å². The van der Waals surface area contributed by atoms with Crippen LogP contribution in [0.15, 0.2) is 42.6 Å². The van der Waals surface area contributed by atoms with E-state index in [0.29, 0.717) is 43.7 Å². The van der Waals surface area contributed by atoms with Crippen molar-refractivity contribution in [3.05, 3.63) is 64.8 Å². The van der Waals surface area contributed by atoms with Crippen molar-refractivity contribution in [2.45, 2.75) is 83.9 Å². The molecule has 2 aromatic carbocycles. The van der Waals surface area contributed by atoms with E-state index in [2.05, 4.69) is 4.90 Å². The van der Waals surface area contributed by atoms with E-state index in [0.717, 1.165) is 27.6 Å². The number of esters is 1. The van der Waals surface area contributed by atoms with Crippen LogP contribution in [0, 0.1) is 12.3 Å². The number of hydrogen-bond donors (Lipinski definition) is 0. The molecular formula is C33H40F2N2O5. The lowest BCUT2D eigenvalue weighted by molar-refractivity contribution is -0.0235. The van der Waals surface area contributed by atoms with Gasteiger partial charge in [0.05, 0.1) is 25.3 Å². The van der Waals surface area contributed by atoms with Crippen LogP contribution < -0.4 is 4.74 Å². The lowest BCUT2D eigenvalue weighted by Gasteiger charge is -2.45. The number of alkyl halides is 2. The Hall–Kier alpha value is -3.46. The first-order chi connectivity index (χ1) is 19.7. The van der Waals surface area contributed by atoms with Gasteiger partial charge in [0, 0.05) is 42.6 Å². The van der Waals surface area contributed by atoms with E-state index in [1.165, 1.54) is 11.7 Å². The summed E-state index contributed by atoms with van der Waals surface area (Å²) in [6.45, 7) is 8.56. The maximum Gasteiger partial charge on any atom is 0.419 e. The molecule has 9 heteroatoms. The number of likely N-dealkylation sites (tertiary alicyclic amines) is 1. The van der Waals surface area contributed by atoms with Gasteiger partial charge in [-0.3, -0.25) is 9.47 Å². The third-order valence-electron chi connectivity index (χ3n) is 8.77. The first-order valence-corrected chi connectivity index (χ1v) is 14.5. The summed E-state index contributed by atoms with van der Waals surface area (Å²) in [7, 11) is 2.97. The molecule has 1 spiro atoms. The minimum Gasteiger partial charge on any atom is -0.496 e. The van der Waals surface area contributed by atoms with Crippen LogP contribution >= 0.6 is 0 Å². The zero-order valence-corrected chi connectivity index (χ0v) is 25.3. The Kier molecular flexibility index (Phi) is 7.85. The number of halogens is 2. The number of carbonyl (C=O) groups excluding carboxylic acids is 2. The molecule has 2 heterocycles. The third kappa shape index (κ3) is 5.89. The summed E-state index contributed by atoms with van der Waals surface area (Å²) in [6.07, 6.45) is 2.87. The third-order valence-corrected chi connectivity index (χ3v) is 8.77. The molecule has 1 aliphatic carbocycles. The molecule has 2 fully saturated rings. The van der Waals surface area contributed by atoms with Gasteiger partial charge in [-0.05, 0) is 94.3 Å². The van der Waals surface area contributed by atoms with Gasteiger partial charge in [0.1, 0.15) is 11.4 Å². The first-order valence-electron chi connectivity index (χ1n) is 14.5. The van der Waals surface area contributed by atoms with Crippen LogP contribution in [0.3, 0.4) is 0 Å². The van der Waals surface area contributed by atoms with Crippen molar-refractivity contribution >= 4 is 23.0 Å². The molecule has 1 aromatic heterocycles. The zero-order valence-electron chi connectivity index (χ0n) is 25.3. The molecular weight excluding hydrogens is 542 g/mol. The molecule has 5 rings (SSSR count). The molecule has 0 radical (unpaired) electrons. The van der Waals surface area contributed by atoms with Crippen molar-refractivity contribution in [3.63, 3.8) is 0 Å². The molecule has 42 heavy (non-hydrogen) atoms. The van der Waals surface area contributed by atoms with Crippen LogP contribution in [-0.2, 0) is 16.0 Å². The normalized spacial score (nSPS) is 22.4. The summed E-state index contributed by atoms with van der Waals surface area (Å²) in [5.74, 6) is -2.36. The highest BCUT2D eigenvalue weighted by Crippen LogP contribution is 2.56. The number of methoxy groups -OCH3 is 2. The highest BCUT2D eigenvalue weighted by atomic mass is 19.3. The van der Waals surface area contributed by atoms with Crippen molar-refractivity contribution in [1.29, 1.82) is 0 Å². The second-order valence-corrected chi connectivity index (χ2v) is 12.9. The van der Waals surface area contributed by atoms with Gasteiger partial charge in [0.2, 0.25) is 5.92 Å². The van der Waals surface area contributed by atoms with Crippen LogP contribution in [-0.4, -0.2) is 53.8 Å². The number of carbonyl (C=O) groups is 2. The SMILES string of the molecule is COC(=O)c1ccc([C@@H]2C[C@]3(CCN2Cc2c(OC)cc(C)c4c2ccn4C(=O)OC(C)(C)C)CCC(F)(F)C3)cc1. The quantitative estimate of drug-likeness (QED) is 0.288. The number of aryl methyl sites for hydroxylation is 1. The Morgan fingerprint density at radius 3 is 2.36 bits per heavy atom. The number of benzene rings is 2. The lowest BCUT2D eigenvalue weighted by Crippen LogP contribution is -2.41. The van der Waals surface area contributed by atoms with E-state index in [4.69, 9.17) is 14.2 Å². The Balaban J connectivity index is 1.54. The minimum absolute atomic E-state index is 0.0778. The molecule has 1 saturated carbocycles. The number of piperidine rings is 1. The monoisotopic (exact) mass is 582 g/mol. The van der Waals surface area contributed by atoms with E-state index in [1.807, 2.05) is 52.0 Å². The fraction of sp³-hybridized carbons (Fsp3) is 0.515. The van der Waals surface area contributed by atoms with E-state index in [9.17, 15) is 18.4 Å². The molecule has 2 atom stereocenters. The van der Waals surface area contributed by atoms with Crippen LogP contribution in [0.4, 0.5) is 13.6 Å². The summed E-state index contributed by atoms with van der Waals surface area (Å²) in [4.78, 5) is 27.5. The number of rotatable bonds is 5. The molecule has 2 aliphatic rings. The van der Waals surface area contributed by atoms with Crippen molar-refractivity contribution in [3.8, 4) is 5.75 Å². The van der Waals surface area contributed by atoms with Crippen LogP contribution in [0.5, 0.6) is 5.75 Å². The van der Waals surface area contributed by atoms with E-state index < -0.39 is 29.0 Å². The maximum atomic E-state index is 14.5. The summed E-state index contributed by atoms with van der Waals surface area (Å²) in [5.41, 5.74) is 2.88. The largest absolute Gasteiger partial charge is 0.496 e. The smallest absolute Gasteiger partial charge is 0.419 e. The number of nitrogens with zero attached hydrogens (tertiary/aromatic N) is 2. The van der Waals surface area contributed by atoms with Gasteiger partial charge >= 0.3 is 12.1 Å². The number of hydrogen-bond acceptors (Lipinski definition) is 6. The van der Waals surface area contributed by atoms with Crippen molar-refractivity contribution < 1.29 is 32.6 Å². The second-order valence-electron chi connectivity index (χ2n) is 12.9. The Morgan fingerprint density at radius 1 is 1.05 bits per heavy atom. The number of fused-ring (bicyclic) bond motifs is 1. The molecule has 0 N–H and O–H groups in total. The second kappa shape index (κ2) is 11.0. The number of aromatic nitrogens is 1. The highest BCUT2D eigenvalue weighted by Gasteiger charge is 2.52. The van der Waals surface area contributed by atoms with Gasteiger partial charge in [-0.15, -0.1) is 0 Å². The van der Waals surface area contributed by atoms with Crippen molar-refractivity contribution in [1.82, 2.24) is 9.47 Å². The fourth-order valence-electron chi connectivity index (χ4n) is 6.79. The summed E-state index contributed by atoms with van der Waals surface area (Å²) in [6, 6.07) is 11.0. The van der Waals surface area contributed by atoms with Crippen LogP contribution in [0.1, 0.15) is 86.0 Å². The Labute approximate surface area is 245 Å². The average Bonchev–Trinajstić information content (AvgIpc) is 3.51. The molecule has 1 aliphatic heterocycles. The molecule has 3 aromatic rings. The molecule has 0 amide bonds. The van der Waals surface area contributed by atoms with Crippen LogP contribution in [0.2, 0.25) is 0 Å². The Morgan fingerprint density at radius 2 is 1.76 bits per heavy atom. The predicted molar refractivity (Wildman–Crippen MR) is 156 cm³/mol. The fourth-order valence-corrected chi connectivity index (χ4v) is 6.79. The Bertz CT molecular complexity index is 1490. The average molecular weight is 583 g/mol. The molecule has 7 nitrogen and oxygen atoms in total. The van der Waals surface area contributed by atoms with Crippen LogP contribution in [0.25, 0.3) is 10.9 Å². The highest BCUT2D eigenvalue weighted by molar-refractivity contribution is 5.95. The lowest BCUT2D eigenvalue weighted by atomic mass is 9.72. The summed E-state index contributed by atoms with van der Waals surface area (Å²) in [5, 5.41) is 0.880. The maximum absolute atomic E-state index is 14.5. The standard InChI is InChI=1S/C33H40F2N2O5/c1-21-17-27(40-5)25(24-11-15-37(28(21)24)30(39)42-31(2,3)4)19-36-16-14-32(12-13-33(34,35)20-32)18-26(36)22-7-9-23(10-8-22)29(38)41-6/h7-11,15,17,26H,12-14,16,18-20H2,1-6H3/t26-,32+/m0/s1. The van der Waals surface area contributed by atoms with Gasteiger partial charge in [-0.1, -0.05) is 12.1 Å². The van der Waals surface area contributed by atoms with Gasteiger partial charge in [0.25, 0.3) is 0 Å². The van der Waals surface area contributed by atoms with Crippen molar-refractivity contribution in [2.75, 3.05) is 20.8 Å². The summed E-state index contributed by atoms with van der Waals surface area (Å²) >= 11 is 0. The molecule has 0 unspecified atom stereocenters. The first kappa shape index (κ1) is 30.0. The van der Waals surface area contributed by atoms with Crippen molar-refractivity contribution in [2.24, 2.45) is 5.41 Å². The minimum atomic E-state index is -2.64. The number of ether oxygens (including phenoxy) is 3. The predicted octanol–water partition coefficient (Wildman–Crippen LogP) is 7.67. The van der Waals surface area contributed by atoms with Gasteiger partial charge in [0.15, 0.2) is 0 Å². The van der Waals surface area contributed by atoms with E-state index >= 15 is 0 Å². The van der Waals surface area contributed by atoms with E-state index in [1.54, 1.807) is 25.4 Å². The molecule has 0 bridgehead atoms. The van der Waals surface area contributed by atoms with Gasteiger partial charge in [-0.25, -0.2) is 18.4 Å². The molecule has 226 valence electrons. The topological polar surface area (TPSA) is 70.0 Å². The molecule has 1 saturated heterocycles. The zero-order chi connectivity index (χ0) is 30.4.